The molecule has 4 N–H and O–H groups in total. The van der Waals surface area contributed by atoms with E-state index in [1.165, 1.54) is 180 Å². The third-order valence-corrected chi connectivity index (χ3v) is 10.2. The zero-order chi connectivity index (χ0) is 34.5. The van der Waals surface area contributed by atoms with Crippen LogP contribution in [0.2, 0.25) is 0 Å². The van der Waals surface area contributed by atoms with Gasteiger partial charge in [-0.05, 0) is 12.8 Å². The van der Waals surface area contributed by atoms with Gasteiger partial charge < -0.3 is 20.6 Å². The van der Waals surface area contributed by atoms with Gasteiger partial charge in [-0.1, -0.05) is 219 Å². The SMILES string of the molecule is CCCCCCCCCCCCCCCCCCCCCCC(O)C(CO)NC(=O)CC(O)CCCCCCCCCCCCCC. The average Bonchev–Trinajstić information content (AvgIpc) is 3.06. The van der Waals surface area contributed by atoms with Crippen molar-refractivity contribution in [1.82, 2.24) is 5.32 Å². The molecule has 3 unspecified atom stereocenters. The van der Waals surface area contributed by atoms with Gasteiger partial charge in [-0.15, -0.1) is 0 Å². The summed E-state index contributed by atoms with van der Waals surface area (Å²) in [6.45, 7) is 4.27. The van der Waals surface area contributed by atoms with E-state index in [0.29, 0.717) is 12.8 Å². The van der Waals surface area contributed by atoms with Crippen molar-refractivity contribution >= 4 is 5.91 Å². The maximum Gasteiger partial charge on any atom is 0.222 e. The summed E-state index contributed by atoms with van der Waals surface area (Å²) in [5.41, 5.74) is 0. The first-order valence-corrected chi connectivity index (χ1v) is 21.3. The molecular formula is C42H85NO4. The van der Waals surface area contributed by atoms with Crippen LogP contribution >= 0.6 is 0 Å². The Hall–Kier alpha value is -0.650. The summed E-state index contributed by atoms with van der Waals surface area (Å²) in [7, 11) is 0. The number of carbonyl (C=O) groups is 1. The number of nitrogens with one attached hydrogen (secondary N) is 1. The van der Waals surface area contributed by atoms with Crippen molar-refractivity contribution < 1.29 is 20.1 Å². The molecule has 0 aliphatic rings. The van der Waals surface area contributed by atoms with E-state index in [2.05, 4.69) is 19.2 Å². The maximum atomic E-state index is 12.4. The highest BCUT2D eigenvalue weighted by Gasteiger charge is 2.21. The molecule has 0 bridgehead atoms. The topological polar surface area (TPSA) is 89.8 Å². The highest BCUT2D eigenvalue weighted by atomic mass is 16.3. The van der Waals surface area contributed by atoms with Crippen LogP contribution in [0.5, 0.6) is 0 Å². The fraction of sp³-hybridized carbons (Fsp3) is 0.976. The minimum atomic E-state index is -0.743. The van der Waals surface area contributed by atoms with Gasteiger partial charge in [0.1, 0.15) is 0 Å². The zero-order valence-corrected chi connectivity index (χ0v) is 31.9. The Morgan fingerprint density at radius 1 is 0.447 bits per heavy atom. The Kier molecular flexibility index (Phi) is 37.6. The van der Waals surface area contributed by atoms with Gasteiger partial charge in [-0.2, -0.15) is 0 Å². The molecule has 0 heterocycles. The highest BCUT2D eigenvalue weighted by Crippen LogP contribution is 2.17. The molecule has 0 aromatic rings. The van der Waals surface area contributed by atoms with E-state index in [0.717, 1.165) is 25.7 Å². The van der Waals surface area contributed by atoms with Crippen LogP contribution in [0.3, 0.4) is 0 Å². The molecule has 5 nitrogen and oxygen atoms in total. The summed E-state index contributed by atoms with van der Waals surface area (Å²) in [5.74, 6) is -0.280. The van der Waals surface area contributed by atoms with Crippen molar-refractivity contribution in [3.63, 3.8) is 0 Å². The highest BCUT2D eigenvalue weighted by molar-refractivity contribution is 5.76. The van der Waals surface area contributed by atoms with Crippen LogP contribution in [-0.2, 0) is 4.79 Å². The van der Waals surface area contributed by atoms with Gasteiger partial charge in [0.15, 0.2) is 0 Å². The first-order valence-electron chi connectivity index (χ1n) is 21.3. The van der Waals surface area contributed by atoms with E-state index in [4.69, 9.17) is 0 Å². The van der Waals surface area contributed by atoms with E-state index >= 15 is 0 Å². The van der Waals surface area contributed by atoms with Gasteiger partial charge in [0.2, 0.25) is 5.91 Å². The number of hydrogen-bond acceptors (Lipinski definition) is 4. The van der Waals surface area contributed by atoms with Crippen LogP contribution < -0.4 is 5.32 Å². The third kappa shape index (κ3) is 35.0. The molecule has 3 atom stereocenters. The minimum absolute atomic E-state index is 0.0422. The summed E-state index contributed by atoms with van der Waals surface area (Å²) in [4.78, 5) is 12.4. The van der Waals surface area contributed by atoms with E-state index in [1.807, 2.05) is 0 Å². The van der Waals surface area contributed by atoms with Crippen LogP contribution in [0.4, 0.5) is 0 Å². The number of aliphatic hydroxyl groups excluding tert-OH is 3. The Balaban J connectivity index is 3.57. The van der Waals surface area contributed by atoms with E-state index in [1.54, 1.807) is 0 Å². The molecule has 0 rings (SSSR count). The molecule has 0 aromatic carbocycles. The minimum Gasteiger partial charge on any atom is -0.394 e. The number of carbonyl (C=O) groups excluding carboxylic acids is 1. The van der Waals surface area contributed by atoms with Crippen molar-refractivity contribution in [2.45, 2.75) is 257 Å². The zero-order valence-electron chi connectivity index (χ0n) is 31.9. The van der Waals surface area contributed by atoms with Gasteiger partial charge in [-0.3, -0.25) is 4.79 Å². The van der Waals surface area contributed by atoms with E-state index < -0.39 is 18.2 Å². The third-order valence-electron chi connectivity index (χ3n) is 10.2. The van der Waals surface area contributed by atoms with Crippen LogP contribution in [0.25, 0.3) is 0 Å². The molecule has 0 saturated carbocycles. The lowest BCUT2D eigenvalue weighted by atomic mass is 10.0. The molecule has 0 radical (unpaired) electrons. The monoisotopic (exact) mass is 668 g/mol. The fourth-order valence-electron chi connectivity index (χ4n) is 6.88. The normalized spacial score (nSPS) is 13.6. The smallest absolute Gasteiger partial charge is 0.222 e. The standard InChI is InChI=1S/C42H85NO4/c1-3-5-7-9-11-13-15-17-18-19-20-21-22-23-24-26-28-30-32-34-36-41(46)40(38-44)43-42(47)37-39(45)35-33-31-29-27-25-16-14-12-10-8-6-4-2/h39-41,44-46H,3-38H2,1-2H3,(H,43,47). The summed E-state index contributed by atoms with van der Waals surface area (Å²) in [6, 6.07) is -0.651. The number of unbranched alkanes of at least 4 members (excludes halogenated alkanes) is 30. The molecular weight excluding hydrogens is 582 g/mol. The second-order valence-corrected chi connectivity index (χ2v) is 15.0. The fourth-order valence-corrected chi connectivity index (χ4v) is 6.88. The largest absolute Gasteiger partial charge is 0.394 e. The summed E-state index contributed by atoms with van der Waals surface area (Å²) in [5, 5.41) is 33.3. The van der Waals surface area contributed by atoms with Crippen molar-refractivity contribution in [2.75, 3.05) is 6.61 Å². The lowest BCUT2D eigenvalue weighted by Crippen LogP contribution is -2.46. The summed E-state index contributed by atoms with van der Waals surface area (Å²) in [6.07, 6.45) is 42.1. The second-order valence-electron chi connectivity index (χ2n) is 15.0. The molecule has 47 heavy (non-hydrogen) atoms. The molecule has 0 fully saturated rings. The Bertz CT molecular complexity index is 615. The van der Waals surface area contributed by atoms with E-state index in [9.17, 15) is 20.1 Å². The molecule has 0 aliphatic heterocycles. The second kappa shape index (κ2) is 38.2. The number of hydrogen-bond donors (Lipinski definition) is 4. The van der Waals surface area contributed by atoms with Crippen LogP contribution in [0.1, 0.15) is 239 Å². The van der Waals surface area contributed by atoms with Crippen molar-refractivity contribution in [2.24, 2.45) is 0 Å². The van der Waals surface area contributed by atoms with Crippen LogP contribution in [-0.4, -0.2) is 46.1 Å². The van der Waals surface area contributed by atoms with Crippen LogP contribution in [0, 0.1) is 0 Å². The van der Waals surface area contributed by atoms with Gasteiger partial charge in [0.25, 0.3) is 0 Å². The Morgan fingerprint density at radius 2 is 0.723 bits per heavy atom. The molecule has 282 valence electrons. The van der Waals surface area contributed by atoms with E-state index in [-0.39, 0.29) is 18.9 Å². The molecule has 5 heteroatoms. The quantitative estimate of drug-likeness (QED) is 0.0491. The number of aliphatic hydroxyl groups is 3. The Morgan fingerprint density at radius 3 is 1.02 bits per heavy atom. The number of amides is 1. The molecule has 0 aromatic heterocycles. The molecule has 0 spiro atoms. The first-order chi connectivity index (χ1) is 23.0. The average molecular weight is 668 g/mol. The van der Waals surface area contributed by atoms with Crippen molar-refractivity contribution in [1.29, 1.82) is 0 Å². The Labute approximate surface area is 294 Å². The molecule has 1 amide bonds. The van der Waals surface area contributed by atoms with Gasteiger partial charge in [-0.25, -0.2) is 0 Å². The molecule has 0 aliphatic carbocycles. The summed E-state index contributed by atoms with van der Waals surface area (Å²) < 4.78 is 0. The summed E-state index contributed by atoms with van der Waals surface area (Å²) >= 11 is 0. The lowest BCUT2D eigenvalue weighted by Gasteiger charge is -2.23. The number of rotatable bonds is 39. The van der Waals surface area contributed by atoms with Crippen molar-refractivity contribution in [3.05, 3.63) is 0 Å². The molecule has 0 saturated heterocycles. The van der Waals surface area contributed by atoms with Gasteiger partial charge in [0, 0.05) is 0 Å². The predicted octanol–water partition coefficient (Wildman–Crippen LogP) is 11.9. The van der Waals surface area contributed by atoms with Crippen LogP contribution in [0.15, 0.2) is 0 Å². The maximum absolute atomic E-state index is 12.4. The van der Waals surface area contributed by atoms with Crippen molar-refractivity contribution in [3.8, 4) is 0 Å². The predicted molar refractivity (Wildman–Crippen MR) is 204 cm³/mol. The van der Waals surface area contributed by atoms with Gasteiger partial charge in [0.05, 0.1) is 31.3 Å². The lowest BCUT2D eigenvalue weighted by molar-refractivity contribution is -0.125. The van der Waals surface area contributed by atoms with Gasteiger partial charge >= 0.3 is 0 Å². The first kappa shape index (κ1) is 46.4.